The van der Waals surface area contributed by atoms with Gasteiger partial charge in [0.05, 0.1) is 6.61 Å². The summed E-state index contributed by atoms with van der Waals surface area (Å²) in [4.78, 5) is 0. The number of rotatable bonds is 6. The highest BCUT2D eigenvalue weighted by Crippen LogP contribution is 2.25. The molecule has 0 aromatic heterocycles. The number of amidine groups is 1. The summed E-state index contributed by atoms with van der Waals surface area (Å²) in [5.74, 6) is 1.60. The van der Waals surface area contributed by atoms with Crippen molar-refractivity contribution >= 4 is 5.84 Å². The van der Waals surface area contributed by atoms with Crippen LogP contribution in [0, 0.1) is 0 Å². The van der Waals surface area contributed by atoms with Crippen LogP contribution in [-0.4, -0.2) is 17.6 Å². The molecule has 94 valence electrons. The topological polar surface area (TPSA) is 67.8 Å². The average Bonchev–Trinajstić information content (AvgIpc) is 2.34. The average molecular weight is 236 g/mol. The first-order valence-corrected chi connectivity index (χ1v) is 5.83. The minimum atomic E-state index is 0.241. The molecule has 3 N–H and O–H groups in total. The second-order valence-corrected chi connectivity index (χ2v) is 4.24. The van der Waals surface area contributed by atoms with Gasteiger partial charge < -0.3 is 15.7 Å². The molecule has 0 saturated heterocycles. The van der Waals surface area contributed by atoms with Crippen molar-refractivity contribution in [1.82, 2.24) is 0 Å². The van der Waals surface area contributed by atoms with Crippen molar-refractivity contribution in [2.24, 2.45) is 10.9 Å². The summed E-state index contributed by atoms with van der Waals surface area (Å²) in [5, 5.41) is 11.3. The first kappa shape index (κ1) is 13.4. The van der Waals surface area contributed by atoms with E-state index in [4.69, 9.17) is 15.7 Å². The molecule has 0 aliphatic rings. The summed E-state index contributed by atoms with van der Waals surface area (Å²) in [7, 11) is 0. The van der Waals surface area contributed by atoms with Crippen molar-refractivity contribution in [3.63, 3.8) is 0 Å². The minimum Gasteiger partial charge on any atom is -0.493 e. The van der Waals surface area contributed by atoms with Gasteiger partial charge in [0.2, 0.25) is 0 Å². The van der Waals surface area contributed by atoms with Crippen LogP contribution in [0.3, 0.4) is 0 Å². The Hall–Kier alpha value is -1.71. The van der Waals surface area contributed by atoms with E-state index in [0.717, 1.165) is 12.2 Å². The molecule has 0 radical (unpaired) electrons. The Balaban J connectivity index is 2.46. The van der Waals surface area contributed by atoms with Crippen LogP contribution in [0.1, 0.15) is 38.2 Å². The lowest BCUT2D eigenvalue weighted by molar-refractivity contribution is 0.303. The van der Waals surface area contributed by atoms with Crippen molar-refractivity contribution in [3.05, 3.63) is 29.8 Å². The highest BCUT2D eigenvalue weighted by Gasteiger charge is 2.06. The Morgan fingerprint density at radius 3 is 2.76 bits per heavy atom. The van der Waals surface area contributed by atoms with E-state index in [2.05, 4.69) is 25.1 Å². The molecule has 0 bridgehead atoms. The fraction of sp³-hybridized carbons (Fsp3) is 0.462. The van der Waals surface area contributed by atoms with E-state index in [1.54, 1.807) is 0 Å². The normalized spacial score (nSPS) is 11.8. The van der Waals surface area contributed by atoms with Gasteiger partial charge in [-0.3, -0.25) is 0 Å². The first-order chi connectivity index (χ1) is 8.15. The monoisotopic (exact) mass is 236 g/mol. The highest BCUT2D eigenvalue weighted by molar-refractivity contribution is 5.79. The number of ether oxygens (including phenoxy) is 1. The van der Waals surface area contributed by atoms with Crippen molar-refractivity contribution in [2.75, 3.05) is 6.61 Å². The Morgan fingerprint density at radius 2 is 2.12 bits per heavy atom. The molecule has 4 nitrogen and oxygen atoms in total. The molecule has 0 unspecified atom stereocenters. The van der Waals surface area contributed by atoms with E-state index in [9.17, 15) is 0 Å². The maximum absolute atomic E-state index is 8.39. The fourth-order valence-electron chi connectivity index (χ4n) is 1.57. The molecule has 0 spiro atoms. The van der Waals surface area contributed by atoms with Crippen LogP contribution in [0.15, 0.2) is 29.4 Å². The largest absolute Gasteiger partial charge is 0.493 e. The maximum Gasteiger partial charge on any atom is 0.139 e. The zero-order valence-electron chi connectivity index (χ0n) is 10.4. The third kappa shape index (κ3) is 4.34. The summed E-state index contributed by atoms with van der Waals surface area (Å²) in [6, 6.07) is 8.02. The molecular weight excluding hydrogens is 216 g/mol. The van der Waals surface area contributed by atoms with Crippen LogP contribution in [0.5, 0.6) is 5.75 Å². The van der Waals surface area contributed by atoms with Gasteiger partial charge in [0.15, 0.2) is 0 Å². The van der Waals surface area contributed by atoms with E-state index in [1.165, 1.54) is 5.56 Å². The Bertz CT molecular complexity index is 375. The predicted molar refractivity (Wildman–Crippen MR) is 68.7 cm³/mol. The van der Waals surface area contributed by atoms with E-state index >= 15 is 0 Å². The van der Waals surface area contributed by atoms with Gasteiger partial charge in [0.1, 0.15) is 11.6 Å². The Morgan fingerprint density at radius 1 is 1.41 bits per heavy atom. The molecule has 0 atom stereocenters. The third-order valence-electron chi connectivity index (χ3n) is 2.50. The van der Waals surface area contributed by atoms with Crippen LogP contribution >= 0.6 is 0 Å². The van der Waals surface area contributed by atoms with E-state index in [1.807, 2.05) is 18.2 Å². The van der Waals surface area contributed by atoms with Crippen LogP contribution in [0.25, 0.3) is 0 Å². The SMILES string of the molecule is CC(C)c1ccccc1OCCC/C(N)=N/O. The zero-order chi connectivity index (χ0) is 12.7. The minimum absolute atomic E-state index is 0.241. The summed E-state index contributed by atoms with van der Waals surface area (Å²) < 4.78 is 5.70. The molecule has 1 aromatic rings. The number of nitrogens with zero attached hydrogens (tertiary/aromatic N) is 1. The third-order valence-corrected chi connectivity index (χ3v) is 2.50. The van der Waals surface area contributed by atoms with E-state index in [0.29, 0.717) is 18.9 Å². The lowest BCUT2D eigenvalue weighted by Gasteiger charge is -2.13. The van der Waals surface area contributed by atoms with Gasteiger partial charge in [-0.05, 0) is 24.0 Å². The highest BCUT2D eigenvalue weighted by atomic mass is 16.5. The van der Waals surface area contributed by atoms with Crippen LogP contribution in [-0.2, 0) is 0 Å². The molecular formula is C13H20N2O2. The standard InChI is InChI=1S/C13H20N2O2/c1-10(2)11-6-3-4-7-12(11)17-9-5-8-13(14)15-16/h3-4,6-7,10,16H,5,8-9H2,1-2H3,(H2,14,15). The van der Waals surface area contributed by atoms with E-state index < -0.39 is 0 Å². The first-order valence-electron chi connectivity index (χ1n) is 5.83. The van der Waals surface area contributed by atoms with Crippen LogP contribution in [0.2, 0.25) is 0 Å². The maximum atomic E-state index is 8.39. The van der Waals surface area contributed by atoms with Crippen LogP contribution < -0.4 is 10.5 Å². The second-order valence-electron chi connectivity index (χ2n) is 4.24. The van der Waals surface area contributed by atoms with Gasteiger partial charge in [-0.2, -0.15) is 0 Å². The number of hydrogen-bond acceptors (Lipinski definition) is 3. The molecule has 0 heterocycles. The van der Waals surface area contributed by atoms with Crippen molar-refractivity contribution < 1.29 is 9.94 Å². The fourth-order valence-corrected chi connectivity index (χ4v) is 1.57. The summed E-state index contributed by atoms with van der Waals surface area (Å²) in [6.45, 7) is 4.84. The van der Waals surface area contributed by atoms with E-state index in [-0.39, 0.29) is 5.84 Å². The lowest BCUT2D eigenvalue weighted by Crippen LogP contribution is -2.13. The summed E-state index contributed by atoms with van der Waals surface area (Å²) in [5.41, 5.74) is 6.58. The second kappa shape index (κ2) is 6.78. The van der Waals surface area contributed by atoms with Crippen LogP contribution in [0.4, 0.5) is 0 Å². The van der Waals surface area contributed by atoms with Gasteiger partial charge in [-0.15, -0.1) is 0 Å². The number of benzene rings is 1. The van der Waals surface area contributed by atoms with Gasteiger partial charge in [-0.25, -0.2) is 0 Å². The summed E-state index contributed by atoms with van der Waals surface area (Å²) in [6.07, 6.45) is 1.28. The molecule has 4 heteroatoms. The lowest BCUT2D eigenvalue weighted by atomic mass is 10.0. The van der Waals surface area contributed by atoms with Gasteiger partial charge in [-0.1, -0.05) is 37.2 Å². The molecule has 0 amide bonds. The molecule has 0 aliphatic heterocycles. The van der Waals surface area contributed by atoms with Crippen molar-refractivity contribution in [3.8, 4) is 5.75 Å². The molecule has 17 heavy (non-hydrogen) atoms. The molecule has 1 aromatic carbocycles. The van der Waals surface area contributed by atoms with Crippen molar-refractivity contribution in [2.45, 2.75) is 32.6 Å². The Kier molecular flexibility index (Phi) is 5.33. The predicted octanol–water partition coefficient (Wildman–Crippen LogP) is 2.72. The Labute approximate surface area is 102 Å². The zero-order valence-corrected chi connectivity index (χ0v) is 10.4. The summed E-state index contributed by atoms with van der Waals surface area (Å²) >= 11 is 0. The number of nitrogens with two attached hydrogens (primary N) is 1. The molecule has 0 fully saturated rings. The smallest absolute Gasteiger partial charge is 0.139 e. The molecule has 0 saturated carbocycles. The van der Waals surface area contributed by atoms with Gasteiger partial charge in [0.25, 0.3) is 0 Å². The quantitative estimate of drug-likeness (QED) is 0.262. The molecule has 1 rings (SSSR count). The number of oxime groups is 1. The van der Waals surface area contributed by atoms with Gasteiger partial charge in [0, 0.05) is 6.42 Å². The number of hydrogen-bond donors (Lipinski definition) is 2. The van der Waals surface area contributed by atoms with Crippen molar-refractivity contribution in [1.29, 1.82) is 0 Å². The number of para-hydroxylation sites is 1. The molecule has 0 aliphatic carbocycles. The van der Waals surface area contributed by atoms with Gasteiger partial charge >= 0.3 is 0 Å².